The fraction of sp³-hybridized carbons (Fsp3) is 0.312. The maximum Gasteiger partial charge on any atom is 0.169 e. The van der Waals surface area contributed by atoms with Crippen LogP contribution >= 0.6 is 11.3 Å². The van der Waals surface area contributed by atoms with E-state index in [0.29, 0.717) is 23.7 Å². The molecular formula is C16H20N2O3S. The molecule has 22 heavy (non-hydrogen) atoms. The van der Waals surface area contributed by atoms with Gasteiger partial charge in [-0.15, -0.1) is 11.3 Å². The highest BCUT2D eigenvalue weighted by Crippen LogP contribution is 2.37. The fourth-order valence-corrected chi connectivity index (χ4v) is 3.22. The van der Waals surface area contributed by atoms with Gasteiger partial charge in [-0.2, -0.15) is 0 Å². The summed E-state index contributed by atoms with van der Waals surface area (Å²) in [6, 6.07) is 9.23. The number of aliphatic hydroxyl groups excluding tert-OH is 2. The Labute approximate surface area is 133 Å². The third kappa shape index (κ3) is 3.65. The number of carbonyl (C=O) groups is 1. The number of Topliss-reactive ketones (excluding diaryl/α,β-unsaturated/α-hetero) is 1. The van der Waals surface area contributed by atoms with E-state index in [1.54, 1.807) is 19.1 Å². The molecule has 0 saturated carbocycles. The molecule has 0 atom stereocenters. The van der Waals surface area contributed by atoms with Crippen molar-refractivity contribution >= 4 is 28.5 Å². The molecule has 2 rings (SSSR count). The largest absolute Gasteiger partial charge is 0.399 e. The number of aliphatic hydroxyl groups is 2. The molecule has 0 spiro atoms. The molecule has 6 heteroatoms. The highest BCUT2D eigenvalue weighted by molar-refractivity contribution is 7.17. The van der Waals surface area contributed by atoms with E-state index in [4.69, 9.17) is 5.73 Å². The van der Waals surface area contributed by atoms with Crippen molar-refractivity contribution in [3.63, 3.8) is 0 Å². The van der Waals surface area contributed by atoms with Gasteiger partial charge >= 0.3 is 0 Å². The van der Waals surface area contributed by atoms with Gasteiger partial charge in [-0.3, -0.25) is 4.79 Å². The number of benzene rings is 1. The fourth-order valence-electron chi connectivity index (χ4n) is 2.29. The topological polar surface area (TPSA) is 86.8 Å². The van der Waals surface area contributed by atoms with E-state index >= 15 is 0 Å². The molecule has 1 aromatic carbocycles. The summed E-state index contributed by atoms with van der Waals surface area (Å²) in [5.41, 5.74) is 8.31. The molecule has 0 radical (unpaired) electrons. The van der Waals surface area contributed by atoms with Gasteiger partial charge in [0.2, 0.25) is 0 Å². The third-order valence-electron chi connectivity index (χ3n) is 3.32. The van der Waals surface area contributed by atoms with Gasteiger partial charge in [-0.05, 0) is 37.3 Å². The summed E-state index contributed by atoms with van der Waals surface area (Å²) in [4.78, 5) is 15.0. The lowest BCUT2D eigenvalue weighted by molar-refractivity contribution is 0.102. The molecule has 0 fully saturated rings. The molecule has 5 nitrogen and oxygen atoms in total. The van der Waals surface area contributed by atoms with Gasteiger partial charge < -0.3 is 20.8 Å². The predicted octanol–water partition coefficient (Wildman–Crippen LogP) is 1.99. The Morgan fingerprint density at radius 3 is 2.41 bits per heavy atom. The summed E-state index contributed by atoms with van der Waals surface area (Å²) in [6.45, 7) is 2.37. The number of anilines is 2. The van der Waals surface area contributed by atoms with Crippen LogP contribution in [0.4, 0.5) is 11.4 Å². The van der Waals surface area contributed by atoms with Crippen LogP contribution in [-0.2, 0) is 0 Å². The first-order valence-electron chi connectivity index (χ1n) is 7.04. The van der Waals surface area contributed by atoms with Crippen molar-refractivity contribution in [1.82, 2.24) is 0 Å². The van der Waals surface area contributed by atoms with Crippen molar-refractivity contribution in [2.24, 2.45) is 0 Å². The van der Waals surface area contributed by atoms with Gasteiger partial charge in [-0.25, -0.2) is 0 Å². The lowest BCUT2D eigenvalue weighted by Crippen LogP contribution is -2.30. The Balaban J connectivity index is 2.48. The quantitative estimate of drug-likeness (QED) is 0.536. The van der Waals surface area contributed by atoms with Crippen molar-refractivity contribution in [1.29, 1.82) is 0 Å². The Bertz CT molecular complexity index is 649. The minimum Gasteiger partial charge on any atom is -0.399 e. The van der Waals surface area contributed by atoms with Crippen LogP contribution in [0.3, 0.4) is 0 Å². The minimum absolute atomic E-state index is 0.00699. The zero-order valence-electron chi connectivity index (χ0n) is 12.5. The van der Waals surface area contributed by atoms with Gasteiger partial charge in [0.05, 0.1) is 18.1 Å². The molecule has 0 unspecified atom stereocenters. The Morgan fingerprint density at radius 1 is 1.18 bits per heavy atom. The third-order valence-corrected chi connectivity index (χ3v) is 4.54. The van der Waals surface area contributed by atoms with Crippen LogP contribution < -0.4 is 10.6 Å². The zero-order valence-corrected chi connectivity index (χ0v) is 13.3. The van der Waals surface area contributed by atoms with Gasteiger partial charge in [-0.1, -0.05) is 0 Å². The average Bonchev–Trinajstić information content (AvgIpc) is 2.97. The summed E-state index contributed by atoms with van der Waals surface area (Å²) in [5, 5.41) is 18.5. The van der Waals surface area contributed by atoms with Crippen molar-refractivity contribution in [3.05, 3.63) is 35.2 Å². The number of hydrogen-bond acceptors (Lipinski definition) is 6. The van der Waals surface area contributed by atoms with Gasteiger partial charge in [0.1, 0.15) is 0 Å². The first-order chi connectivity index (χ1) is 10.6. The number of rotatable bonds is 7. The average molecular weight is 320 g/mol. The van der Waals surface area contributed by atoms with E-state index in [1.165, 1.54) is 11.3 Å². The number of nitrogens with two attached hydrogens (primary N) is 1. The second-order valence-electron chi connectivity index (χ2n) is 4.93. The standard InChI is InChI=1S/C16H20N2O3S/c1-11(21)15-4-5-16(22-15)13-10-12(17)2-3-14(13)18(6-8-19)7-9-20/h2-5,10,19-20H,6-9,17H2,1H3. The lowest BCUT2D eigenvalue weighted by atomic mass is 10.1. The molecule has 1 heterocycles. The smallest absolute Gasteiger partial charge is 0.169 e. The van der Waals surface area contributed by atoms with Crippen LogP contribution in [0, 0.1) is 0 Å². The predicted molar refractivity (Wildman–Crippen MR) is 90.6 cm³/mol. The van der Waals surface area contributed by atoms with E-state index in [9.17, 15) is 15.0 Å². The second-order valence-corrected chi connectivity index (χ2v) is 6.01. The lowest BCUT2D eigenvalue weighted by Gasteiger charge is -2.25. The summed E-state index contributed by atoms with van der Waals surface area (Å²) in [6.07, 6.45) is 0. The molecular weight excluding hydrogens is 300 g/mol. The van der Waals surface area contributed by atoms with Crippen LogP contribution in [0.25, 0.3) is 10.4 Å². The molecule has 0 aliphatic carbocycles. The van der Waals surface area contributed by atoms with E-state index in [0.717, 1.165) is 16.1 Å². The van der Waals surface area contributed by atoms with Crippen LogP contribution in [-0.4, -0.2) is 42.3 Å². The monoisotopic (exact) mass is 320 g/mol. The van der Waals surface area contributed by atoms with Gasteiger partial charge in [0.15, 0.2) is 5.78 Å². The number of nitrogens with zero attached hydrogens (tertiary/aromatic N) is 1. The first kappa shape index (κ1) is 16.5. The summed E-state index contributed by atoms with van der Waals surface area (Å²) >= 11 is 1.41. The maximum atomic E-state index is 11.5. The SMILES string of the molecule is CC(=O)c1ccc(-c2cc(N)ccc2N(CCO)CCO)s1. The second kappa shape index (κ2) is 7.40. The van der Waals surface area contributed by atoms with Crippen molar-refractivity contribution in [2.45, 2.75) is 6.92 Å². The molecule has 118 valence electrons. The number of hydrogen-bond donors (Lipinski definition) is 3. The van der Waals surface area contributed by atoms with Crippen LogP contribution in [0.1, 0.15) is 16.6 Å². The van der Waals surface area contributed by atoms with E-state index in [1.807, 2.05) is 23.1 Å². The highest BCUT2D eigenvalue weighted by Gasteiger charge is 2.15. The van der Waals surface area contributed by atoms with E-state index in [2.05, 4.69) is 0 Å². The summed E-state index contributed by atoms with van der Waals surface area (Å²) in [5.74, 6) is 0.0317. The molecule has 1 aromatic heterocycles. The van der Waals surface area contributed by atoms with Crippen molar-refractivity contribution in [3.8, 4) is 10.4 Å². The zero-order chi connectivity index (χ0) is 16.1. The minimum atomic E-state index is -0.00699. The van der Waals surface area contributed by atoms with Crippen molar-refractivity contribution < 1.29 is 15.0 Å². The molecule has 0 aliphatic rings. The number of nitrogen functional groups attached to an aromatic ring is 1. The van der Waals surface area contributed by atoms with Gasteiger partial charge in [0, 0.05) is 34.9 Å². The van der Waals surface area contributed by atoms with Crippen LogP contribution in [0.15, 0.2) is 30.3 Å². The summed E-state index contributed by atoms with van der Waals surface area (Å²) in [7, 11) is 0. The summed E-state index contributed by atoms with van der Waals surface area (Å²) < 4.78 is 0. The molecule has 0 amide bonds. The normalized spacial score (nSPS) is 10.7. The number of ketones is 1. The Hall–Kier alpha value is -1.89. The molecule has 4 N–H and O–H groups in total. The Kier molecular flexibility index (Phi) is 5.54. The number of carbonyl (C=O) groups excluding carboxylic acids is 1. The Morgan fingerprint density at radius 2 is 1.86 bits per heavy atom. The van der Waals surface area contributed by atoms with Gasteiger partial charge in [0.25, 0.3) is 0 Å². The van der Waals surface area contributed by atoms with Crippen molar-refractivity contribution in [2.75, 3.05) is 36.9 Å². The van der Waals surface area contributed by atoms with E-state index < -0.39 is 0 Å². The first-order valence-corrected chi connectivity index (χ1v) is 7.85. The highest BCUT2D eigenvalue weighted by atomic mass is 32.1. The van der Waals surface area contributed by atoms with E-state index in [-0.39, 0.29) is 19.0 Å². The molecule has 0 bridgehead atoms. The molecule has 2 aromatic rings. The van der Waals surface area contributed by atoms with Crippen LogP contribution in [0.2, 0.25) is 0 Å². The molecule has 0 saturated heterocycles. The van der Waals surface area contributed by atoms with Crippen LogP contribution in [0.5, 0.6) is 0 Å². The number of thiophene rings is 1. The molecule has 0 aliphatic heterocycles. The maximum absolute atomic E-state index is 11.5.